The summed E-state index contributed by atoms with van der Waals surface area (Å²) in [6.45, 7) is 3.37. The number of nitro benzene ring substituents is 1. The smallest absolute Gasteiger partial charge is 0.314 e. The van der Waals surface area contributed by atoms with Gasteiger partial charge >= 0.3 is 5.97 Å². The summed E-state index contributed by atoms with van der Waals surface area (Å²) in [5, 5.41) is 13.6. The van der Waals surface area contributed by atoms with Gasteiger partial charge in [0.15, 0.2) is 6.61 Å². The highest BCUT2D eigenvalue weighted by molar-refractivity contribution is 6.31. The van der Waals surface area contributed by atoms with Gasteiger partial charge in [0.25, 0.3) is 11.6 Å². The van der Waals surface area contributed by atoms with Crippen molar-refractivity contribution in [3.63, 3.8) is 0 Å². The molecule has 0 bridgehead atoms. The first kappa shape index (κ1) is 21.4. The van der Waals surface area contributed by atoms with Gasteiger partial charge in [-0.05, 0) is 23.6 Å². The van der Waals surface area contributed by atoms with Crippen LogP contribution in [0.1, 0.15) is 31.7 Å². The van der Waals surface area contributed by atoms with Gasteiger partial charge in [-0.1, -0.05) is 62.2 Å². The second-order valence-electron chi connectivity index (χ2n) is 6.35. The number of nitrogens with one attached hydrogen (secondary N) is 1. The lowest BCUT2D eigenvalue weighted by Gasteiger charge is -2.21. The fourth-order valence-electron chi connectivity index (χ4n) is 2.77. The second-order valence-corrected chi connectivity index (χ2v) is 6.78. The fourth-order valence-corrected chi connectivity index (χ4v) is 2.93. The minimum atomic E-state index is -0.672. The Hall–Kier alpha value is -2.93. The fraction of sp³-hybridized carbons (Fsp3) is 0.300. The van der Waals surface area contributed by atoms with E-state index in [0.29, 0.717) is 0 Å². The normalized spacial score (nSPS) is 12.7. The topological polar surface area (TPSA) is 98.5 Å². The second kappa shape index (κ2) is 9.85. The quantitative estimate of drug-likeness (QED) is 0.395. The van der Waals surface area contributed by atoms with Crippen LogP contribution in [0.25, 0.3) is 0 Å². The van der Waals surface area contributed by atoms with Gasteiger partial charge in [-0.2, -0.15) is 0 Å². The summed E-state index contributed by atoms with van der Waals surface area (Å²) in [5.41, 5.74) is 0.460. The first-order valence-electron chi connectivity index (χ1n) is 8.78. The zero-order chi connectivity index (χ0) is 20.7. The van der Waals surface area contributed by atoms with Gasteiger partial charge in [0.1, 0.15) is 5.69 Å². The molecule has 0 spiro atoms. The van der Waals surface area contributed by atoms with E-state index in [1.165, 1.54) is 12.1 Å². The first-order valence-corrected chi connectivity index (χ1v) is 9.16. The van der Waals surface area contributed by atoms with Gasteiger partial charge in [-0.3, -0.25) is 19.7 Å². The molecule has 1 amide bonds. The molecule has 0 aromatic heterocycles. The molecule has 2 aromatic rings. The number of carbonyl (C=O) groups is 2. The molecule has 0 heterocycles. The summed E-state index contributed by atoms with van der Waals surface area (Å²) in [6, 6.07) is 13.1. The number of carbonyl (C=O) groups excluding carboxylic acids is 2. The molecule has 28 heavy (non-hydrogen) atoms. The first-order chi connectivity index (χ1) is 13.3. The summed E-state index contributed by atoms with van der Waals surface area (Å²) in [5.74, 6) is -1.66. The molecular weight excluding hydrogens is 384 g/mol. The SMILES string of the molecule is CCC(C)C(C(=O)OCC(=O)Nc1ccc(Cl)cc1[N+](=O)[O-])c1ccccc1. The Morgan fingerprint density at radius 1 is 1.21 bits per heavy atom. The van der Waals surface area contributed by atoms with E-state index in [1.807, 2.05) is 44.2 Å². The summed E-state index contributed by atoms with van der Waals surface area (Å²) >= 11 is 5.75. The standard InChI is InChI=1S/C20H21ClN2O5/c1-3-13(2)19(14-7-5-4-6-8-14)20(25)28-12-18(24)22-16-10-9-15(21)11-17(16)23(26)27/h4-11,13,19H,3,12H2,1-2H3,(H,22,24). The van der Waals surface area contributed by atoms with Crippen LogP contribution in [0.3, 0.4) is 0 Å². The van der Waals surface area contributed by atoms with Crippen LogP contribution in [-0.4, -0.2) is 23.4 Å². The van der Waals surface area contributed by atoms with Gasteiger partial charge in [0.05, 0.1) is 10.8 Å². The van der Waals surface area contributed by atoms with E-state index >= 15 is 0 Å². The number of anilines is 1. The van der Waals surface area contributed by atoms with Gasteiger partial charge in [0.2, 0.25) is 0 Å². The lowest BCUT2D eigenvalue weighted by molar-refractivity contribution is -0.383. The number of hydrogen-bond acceptors (Lipinski definition) is 5. The molecule has 0 aliphatic rings. The highest BCUT2D eigenvalue weighted by atomic mass is 35.5. The summed E-state index contributed by atoms with van der Waals surface area (Å²) in [4.78, 5) is 35.2. The molecule has 7 nitrogen and oxygen atoms in total. The Bertz CT molecular complexity index is 857. The van der Waals surface area contributed by atoms with Crippen molar-refractivity contribution in [3.8, 4) is 0 Å². The molecule has 0 aliphatic heterocycles. The van der Waals surface area contributed by atoms with E-state index in [1.54, 1.807) is 0 Å². The van der Waals surface area contributed by atoms with Crippen LogP contribution in [0.15, 0.2) is 48.5 Å². The molecule has 0 aliphatic carbocycles. The maximum absolute atomic E-state index is 12.6. The van der Waals surface area contributed by atoms with Crippen LogP contribution in [0.4, 0.5) is 11.4 Å². The number of amides is 1. The lowest BCUT2D eigenvalue weighted by Crippen LogP contribution is -2.27. The number of nitrogens with zero attached hydrogens (tertiary/aromatic N) is 1. The number of rotatable bonds is 8. The summed E-state index contributed by atoms with van der Waals surface area (Å²) in [6.07, 6.45) is 0.762. The van der Waals surface area contributed by atoms with Crippen molar-refractivity contribution in [2.24, 2.45) is 5.92 Å². The molecule has 8 heteroatoms. The van der Waals surface area contributed by atoms with E-state index in [-0.39, 0.29) is 22.3 Å². The Morgan fingerprint density at radius 2 is 1.89 bits per heavy atom. The Kier molecular flexibility index (Phi) is 7.52. The molecule has 2 aromatic carbocycles. The molecule has 1 N–H and O–H groups in total. The molecular formula is C20H21ClN2O5. The average Bonchev–Trinajstić information content (AvgIpc) is 2.68. The van der Waals surface area contributed by atoms with Crippen molar-refractivity contribution in [2.45, 2.75) is 26.2 Å². The third kappa shape index (κ3) is 5.53. The van der Waals surface area contributed by atoms with Crippen molar-refractivity contribution in [1.82, 2.24) is 0 Å². The number of ether oxygens (including phenoxy) is 1. The van der Waals surface area contributed by atoms with Crippen molar-refractivity contribution in [3.05, 3.63) is 69.2 Å². The van der Waals surface area contributed by atoms with Crippen molar-refractivity contribution in [1.29, 1.82) is 0 Å². The van der Waals surface area contributed by atoms with E-state index in [9.17, 15) is 19.7 Å². The molecule has 0 saturated heterocycles. The van der Waals surface area contributed by atoms with E-state index < -0.39 is 29.3 Å². The highest BCUT2D eigenvalue weighted by Crippen LogP contribution is 2.29. The Balaban J connectivity index is 2.05. The number of nitro groups is 1. The van der Waals surface area contributed by atoms with E-state index in [4.69, 9.17) is 16.3 Å². The zero-order valence-electron chi connectivity index (χ0n) is 15.6. The number of hydrogen-bond donors (Lipinski definition) is 1. The third-order valence-electron chi connectivity index (χ3n) is 4.40. The number of halogens is 1. The van der Waals surface area contributed by atoms with Crippen molar-refractivity contribution >= 4 is 34.9 Å². The molecule has 2 atom stereocenters. The van der Waals surface area contributed by atoms with Crippen LogP contribution >= 0.6 is 11.6 Å². The number of benzene rings is 2. The Labute approximate surface area is 167 Å². The molecule has 0 radical (unpaired) electrons. The van der Waals surface area contributed by atoms with E-state index in [0.717, 1.165) is 18.1 Å². The van der Waals surface area contributed by atoms with Crippen LogP contribution in [-0.2, 0) is 14.3 Å². The van der Waals surface area contributed by atoms with Crippen LogP contribution in [0.2, 0.25) is 5.02 Å². The third-order valence-corrected chi connectivity index (χ3v) is 4.64. The highest BCUT2D eigenvalue weighted by Gasteiger charge is 2.28. The van der Waals surface area contributed by atoms with Crippen molar-refractivity contribution in [2.75, 3.05) is 11.9 Å². The molecule has 148 valence electrons. The predicted octanol–water partition coefficient (Wildman–Crippen LogP) is 4.56. The van der Waals surface area contributed by atoms with Crippen LogP contribution in [0.5, 0.6) is 0 Å². The summed E-state index contributed by atoms with van der Waals surface area (Å²) in [7, 11) is 0. The maximum atomic E-state index is 12.6. The van der Waals surface area contributed by atoms with Gasteiger partial charge in [-0.15, -0.1) is 0 Å². The minimum Gasteiger partial charge on any atom is -0.455 e. The van der Waals surface area contributed by atoms with Crippen LogP contribution < -0.4 is 5.32 Å². The van der Waals surface area contributed by atoms with Gasteiger partial charge in [0, 0.05) is 11.1 Å². The molecule has 2 rings (SSSR count). The predicted molar refractivity (Wildman–Crippen MR) is 106 cm³/mol. The summed E-state index contributed by atoms with van der Waals surface area (Å²) < 4.78 is 5.19. The van der Waals surface area contributed by atoms with Crippen molar-refractivity contribution < 1.29 is 19.2 Å². The van der Waals surface area contributed by atoms with Gasteiger partial charge in [-0.25, -0.2) is 0 Å². The van der Waals surface area contributed by atoms with E-state index in [2.05, 4.69) is 5.32 Å². The maximum Gasteiger partial charge on any atom is 0.314 e. The van der Waals surface area contributed by atoms with Crippen LogP contribution in [0, 0.1) is 16.0 Å². The van der Waals surface area contributed by atoms with Gasteiger partial charge < -0.3 is 10.1 Å². The largest absolute Gasteiger partial charge is 0.455 e. The molecule has 2 unspecified atom stereocenters. The lowest BCUT2D eigenvalue weighted by atomic mass is 9.86. The Morgan fingerprint density at radius 3 is 2.50 bits per heavy atom. The monoisotopic (exact) mass is 404 g/mol. The number of esters is 1. The molecule has 0 saturated carbocycles. The average molecular weight is 405 g/mol. The zero-order valence-corrected chi connectivity index (χ0v) is 16.3. The molecule has 0 fully saturated rings. The minimum absolute atomic E-state index is 0.0167.